The Morgan fingerprint density at radius 3 is 2.21 bits per heavy atom. The topological polar surface area (TPSA) is 49.9 Å². The Balaban J connectivity index is 0.00000280. The average molecular weight is 547 g/mol. The molecule has 0 aliphatic carbocycles. The first-order valence-corrected chi connectivity index (χ1v) is 13.1. The second kappa shape index (κ2) is 10.6. The number of imide groups is 1. The van der Waals surface area contributed by atoms with Gasteiger partial charge in [0.25, 0.3) is 0 Å². The Hall–Kier alpha value is -0.377. The van der Waals surface area contributed by atoms with E-state index in [2.05, 4.69) is 31.0 Å². The monoisotopic (exact) mass is 546 g/mol. The van der Waals surface area contributed by atoms with Crippen LogP contribution in [0.5, 0.6) is 0 Å². The minimum atomic E-state index is -1.57. The number of nitrogens with zero attached hydrogens (tertiary/aromatic N) is 2. The van der Waals surface area contributed by atoms with E-state index >= 15 is 0 Å². The van der Waals surface area contributed by atoms with Gasteiger partial charge in [-0.1, -0.05) is 20.0 Å². The van der Waals surface area contributed by atoms with Gasteiger partial charge in [0.15, 0.2) is 0 Å². The molecule has 2 fully saturated rings. The number of carbonyl (C=O) groups is 2. The fourth-order valence-electron chi connectivity index (χ4n) is 3.86. The molecule has 0 N–H and O–H groups in total. The molecule has 2 amide bonds. The smallest absolute Gasteiger partial charge is 0.233 e. The van der Waals surface area contributed by atoms with E-state index in [9.17, 15) is 9.59 Å². The summed E-state index contributed by atoms with van der Waals surface area (Å²) in [4.78, 5) is 27.7. The van der Waals surface area contributed by atoms with Gasteiger partial charge in [-0.25, -0.2) is 0 Å². The Bertz CT molecular complexity index is 659. The van der Waals surface area contributed by atoms with E-state index in [0.29, 0.717) is 30.9 Å². The molecule has 2 heterocycles. The molecule has 0 aromatic heterocycles. The SMILES string of the molecule is CC[CH-][Si](C)(C)OCCC1CN(c2ccc(N3C(=O)CCCC3=O)cc2)C1.[Tb]. The fraction of sp³-hybridized carbons (Fsp3) is 0.571. The number of carbonyl (C=O) groups excluding carboxylic acids is 2. The summed E-state index contributed by atoms with van der Waals surface area (Å²) in [5.41, 5.74) is 1.85. The summed E-state index contributed by atoms with van der Waals surface area (Å²) < 4.78 is 6.12. The molecule has 1 aromatic carbocycles. The fourth-order valence-corrected chi connectivity index (χ4v) is 5.60. The van der Waals surface area contributed by atoms with Crippen LogP contribution in [-0.2, 0) is 14.0 Å². The van der Waals surface area contributed by atoms with Crippen molar-refractivity contribution in [3.63, 3.8) is 0 Å². The van der Waals surface area contributed by atoms with Crippen molar-refractivity contribution in [2.75, 3.05) is 29.5 Å². The Morgan fingerprint density at radius 1 is 1.07 bits per heavy atom. The first-order chi connectivity index (χ1) is 12.9. The van der Waals surface area contributed by atoms with E-state index in [0.717, 1.165) is 38.2 Å². The maximum Gasteiger partial charge on any atom is 0.233 e. The molecule has 28 heavy (non-hydrogen) atoms. The van der Waals surface area contributed by atoms with Crippen LogP contribution in [0.3, 0.4) is 0 Å². The van der Waals surface area contributed by atoms with E-state index in [1.807, 2.05) is 24.3 Å². The van der Waals surface area contributed by atoms with Crippen molar-refractivity contribution in [2.24, 2.45) is 5.92 Å². The van der Waals surface area contributed by atoms with Crippen molar-refractivity contribution >= 4 is 31.5 Å². The summed E-state index contributed by atoms with van der Waals surface area (Å²) in [6, 6.07) is 10.2. The van der Waals surface area contributed by atoms with E-state index in [-0.39, 0.29) is 50.4 Å². The van der Waals surface area contributed by atoms with Crippen molar-refractivity contribution in [1.82, 2.24) is 0 Å². The van der Waals surface area contributed by atoms with Crippen LogP contribution in [0.25, 0.3) is 0 Å². The van der Waals surface area contributed by atoms with E-state index in [1.54, 1.807) is 0 Å². The van der Waals surface area contributed by atoms with Gasteiger partial charge in [-0.3, -0.25) is 14.5 Å². The first kappa shape index (κ1) is 23.9. The third-order valence-electron chi connectivity index (χ3n) is 5.41. The number of benzene rings is 1. The molecule has 7 heteroatoms. The number of hydrogen-bond acceptors (Lipinski definition) is 4. The summed E-state index contributed by atoms with van der Waals surface area (Å²) >= 11 is 0. The third-order valence-corrected chi connectivity index (χ3v) is 7.75. The van der Waals surface area contributed by atoms with Gasteiger partial charge in [0.2, 0.25) is 11.8 Å². The van der Waals surface area contributed by atoms with E-state index in [1.165, 1.54) is 4.90 Å². The Kier molecular flexibility index (Phi) is 9.04. The van der Waals surface area contributed by atoms with Gasteiger partial charge in [0.1, 0.15) is 0 Å². The molecule has 5 nitrogen and oxygen atoms in total. The zero-order valence-corrected chi connectivity index (χ0v) is 20.2. The molecule has 0 spiro atoms. The summed E-state index contributed by atoms with van der Waals surface area (Å²) in [5.74, 6) is 0.506. The summed E-state index contributed by atoms with van der Waals surface area (Å²) in [6.45, 7) is 9.62. The maximum absolute atomic E-state index is 12.0. The molecular weight excluding hydrogens is 515 g/mol. The van der Waals surface area contributed by atoms with Gasteiger partial charge in [-0.05, 0) is 43.0 Å². The molecule has 0 unspecified atom stereocenters. The van der Waals surface area contributed by atoms with Crippen molar-refractivity contribution in [3.8, 4) is 0 Å². The number of hydrogen-bond donors (Lipinski definition) is 0. The van der Waals surface area contributed by atoms with Crippen molar-refractivity contribution in [3.05, 3.63) is 30.3 Å². The van der Waals surface area contributed by atoms with Crippen molar-refractivity contribution in [1.29, 1.82) is 0 Å². The zero-order chi connectivity index (χ0) is 19.4. The molecular formula is C21H31N2O3SiTb-. The second-order valence-corrected chi connectivity index (χ2v) is 12.0. The van der Waals surface area contributed by atoms with Crippen LogP contribution in [0.4, 0.5) is 11.4 Å². The zero-order valence-electron chi connectivity index (χ0n) is 17.1. The molecule has 1 aromatic rings. The van der Waals surface area contributed by atoms with Gasteiger partial charge in [-0.2, -0.15) is 6.42 Å². The van der Waals surface area contributed by atoms with Crippen LogP contribution in [0, 0.1) is 50.6 Å². The number of piperidine rings is 1. The van der Waals surface area contributed by atoms with E-state index in [4.69, 9.17) is 4.43 Å². The van der Waals surface area contributed by atoms with Crippen LogP contribution in [0.2, 0.25) is 13.1 Å². The minimum Gasteiger partial charge on any atom is -0.449 e. The normalized spacial score (nSPS) is 18.1. The van der Waals surface area contributed by atoms with Gasteiger partial charge < -0.3 is 15.4 Å². The van der Waals surface area contributed by atoms with Crippen LogP contribution >= 0.6 is 0 Å². The maximum atomic E-state index is 12.0. The predicted octanol–water partition coefficient (Wildman–Crippen LogP) is 3.93. The summed E-state index contributed by atoms with van der Waals surface area (Å²) in [5, 5.41) is 0. The van der Waals surface area contributed by atoms with Crippen LogP contribution < -0.4 is 9.80 Å². The summed E-state index contributed by atoms with van der Waals surface area (Å²) in [7, 11) is -1.57. The largest absolute Gasteiger partial charge is 0.449 e. The van der Waals surface area contributed by atoms with Gasteiger partial charge in [0, 0.05) is 85.2 Å². The standard InChI is InChI=1S/C21H31N2O3Si.Tb/c1-4-14-27(2,3)26-13-12-17-15-22(16-17)18-8-10-19(11-9-18)23-20(24)6-5-7-21(23)25;/h8-11,14,17H,4-7,12-13,15-16H2,1-3H3;/q-1;. The quantitative estimate of drug-likeness (QED) is 0.282. The van der Waals surface area contributed by atoms with E-state index < -0.39 is 8.32 Å². The van der Waals surface area contributed by atoms with Crippen molar-refractivity contribution < 1.29 is 52.6 Å². The predicted molar refractivity (Wildman–Crippen MR) is 111 cm³/mol. The Labute approximate surface area is 200 Å². The molecule has 2 aliphatic heterocycles. The molecule has 157 valence electrons. The van der Waals surface area contributed by atoms with Gasteiger partial charge >= 0.3 is 0 Å². The average Bonchev–Trinajstić information content (AvgIpc) is 2.57. The van der Waals surface area contributed by atoms with Crippen LogP contribution in [-0.4, -0.2) is 39.8 Å². The first-order valence-electron chi connectivity index (χ1n) is 10.1. The Morgan fingerprint density at radius 2 is 1.64 bits per heavy atom. The molecule has 0 atom stereocenters. The van der Waals surface area contributed by atoms with Gasteiger partial charge in [-0.15, -0.1) is 0 Å². The van der Waals surface area contributed by atoms with Crippen molar-refractivity contribution in [2.45, 2.75) is 52.1 Å². The number of rotatable bonds is 8. The second-order valence-electron chi connectivity index (χ2n) is 8.12. The molecule has 2 saturated heterocycles. The summed E-state index contributed by atoms with van der Waals surface area (Å²) in [6.07, 6.45) is 3.78. The third kappa shape index (κ3) is 6.06. The number of anilines is 2. The molecule has 1 radical (unpaired) electrons. The van der Waals surface area contributed by atoms with Gasteiger partial charge in [0.05, 0.1) is 5.69 Å². The molecule has 2 aliphatic rings. The molecule has 0 bridgehead atoms. The molecule has 3 rings (SSSR count). The molecule has 0 saturated carbocycles. The van der Waals surface area contributed by atoms with Crippen LogP contribution in [0.1, 0.15) is 39.0 Å². The van der Waals surface area contributed by atoms with Crippen LogP contribution in [0.15, 0.2) is 24.3 Å². The minimum absolute atomic E-state index is 0. The number of amides is 2.